The van der Waals surface area contributed by atoms with Crippen LogP contribution in [0.1, 0.15) is 32.8 Å². The lowest BCUT2D eigenvalue weighted by Gasteiger charge is -2.45. The number of hydrogen-bond donors (Lipinski definition) is 0. The standard InChI is InChI=1S/C32H38O4Si/c1-25-20-27-22-35-32(25,30(27)34-24-33-21-26-14-8-5-9-15-26)23-36-37(31(2,3)4,28-16-10-6-11-17-28)29-18-12-7-13-19-29/h5-19,27,30H,1,20-24H2,2-4H3. The lowest BCUT2D eigenvalue weighted by Crippen LogP contribution is -2.68. The summed E-state index contributed by atoms with van der Waals surface area (Å²) in [5.74, 6) is 0.274. The van der Waals surface area contributed by atoms with E-state index in [1.807, 2.05) is 18.2 Å². The SMILES string of the molecule is C=C1CC2COC1(CO[Si](c1ccccc1)(c1ccccc1)C(C)(C)C)C2OCOCc1ccccc1. The van der Waals surface area contributed by atoms with Gasteiger partial charge in [0.25, 0.3) is 8.32 Å². The van der Waals surface area contributed by atoms with Gasteiger partial charge in [-0.3, -0.25) is 0 Å². The van der Waals surface area contributed by atoms with Crippen molar-refractivity contribution in [2.75, 3.05) is 20.0 Å². The predicted molar refractivity (Wildman–Crippen MR) is 150 cm³/mol. The fraction of sp³-hybridized carbons (Fsp3) is 0.375. The van der Waals surface area contributed by atoms with Crippen molar-refractivity contribution in [1.82, 2.24) is 0 Å². The van der Waals surface area contributed by atoms with Crippen LogP contribution in [-0.2, 0) is 25.2 Å². The van der Waals surface area contributed by atoms with Gasteiger partial charge in [-0.1, -0.05) is 118 Å². The van der Waals surface area contributed by atoms with Crippen LogP contribution in [0.4, 0.5) is 0 Å². The van der Waals surface area contributed by atoms with Gasteiger partial charge in [-0.15, -0.1) is 0 Å². The molecule has 0 N–H and O–H groups in total. The average Bonchev–Trinajstić information content (AvgIpc) is 3.38. The molecule has 3 aromatic carbocycles. The van der Waals surface area contributed by atoms with E-state index in [1.165, 1.54) is 10.4 Å². The van der Waals surface area contributed by atoms with Gasteiger partial charge in [-0.05, 0) is 33.0 Å². The molecule has 0 spiro atoms. The third kappa shape index (κ3) is 4.87. The van der Waals surface area contributed by atoms with E-state index in [0.29, 0.717) is 19.8 Å². The highest BCUT2D eigenvalue weighted by Gasteiger charge is 2.61. The maximum absolute atomic E-state index is 7.28. The summed E-state index contributed by atoms with van der Waals surface area (Å²) in [5, 5.41) is 2.40. The van der Waals surface area contributed by atoms with E-state index in [-0.39, 0.29) is 23.9 Å². The molecule has 37 heavy (non-hydrogen) atoms. The maximum Gasteiger partial charge on any atom is 0.261 e. The Balaban J connectivity index is 1.40. The van der Waals surface area contributed by atoms with Crippen molar-refractivity contribution in [2.24, 2.45) is 5.92 Å². The van der Waals surface area contributed by atoms with Gasteiger partial charge >= 0.3 is 0 Å². The van der Waals surface area contributed by atoms with Gasteiger partial charge in [0.1, 0.15) is 18.5 Å². The van der Waals surface area contributed by atoms with E-state index in [2.05, 4.69) is 100 Å². The van der Waals surface area contributed by atoms with E-state index in [1.54, 1.807) is 0 Å². The molecule has 0 aromatic heterocycles. The zero-order valence-electron chi connectivity index (χ0n) is 22.2. The number of hydrogen-bond acceptors (Lipinski definition) is 4. The van der Waals surface area contributed by atoms with Crippen LogP contribution >= 0.6 is 0 Å². The summed E-state index contributed by atoms with van der Waals surface area (Å²) in [6.07, 6.45) is 0.766. The second-order valence-electron chi connectivity index (χ2n) is 11.3. The lowest BCUT2D eigenvalue weighted by molar-refractivity contribution is -0.141. The molecular weight excluding hydrogens is 476 g/mol. The van der Waals surface area contributed by atoms with Gasteiger partial charge in [0.05, 0.1) is 19.8 Å². The Bertz CT molecular complexity index is 1140. The molecule has 1 aliphatic heterocycles. The Morgan fingerprint density at radius 1 is 0.892 bits per heavy atom. The first-order chi connectivity index (χ1) is 17.9. The molecule has 4 nitrogen and oxygen atoms in total. The average molecular weight is 515 g/mol. The highest BCUT2D eigenvalue weighted by Crippen LogP contribution is 2.50. The molecule has 1 heterocycles. The molecular formula is C32H38O4Si. The van der Waals surface area contributed by atoms with Crippen LogP contribution in [0.3, 0.4) is 0 Å². The molecule has 5 heteroatoms. The fourth-order valence-corrected chi connectivity index (χ4v) is 10.7. The summed E-state index contributed by atoms with van der Waals surface area (Å²) in [6, 6.07) is 31.6. The minimum Gasteiger partial charge on any atom is -0.404 e. The normalized spacial score (nSPS) is 23.5. The molecule has 194 valence electrons. The van der Waals surface area contributed by atoms with E-state index in [0.717, 1.165) is 17.6 Å². The molecule has 0 radical (unpaired) electrons. The Hall–Kier alpha value is -2.54. The van der Waals surface area contributed by atoms with Crippen molar-refractivity contribution in [2.45, 2.75) is 50.5 Å². The molecule has 5 rings (SSSR count). The van der Waals surface area contributed by atoms with E-state index in [4.69, 9.17) is 18.6 Å². The van der Waals surface area contributed by atoms with Crippen LogP contribution in [0.2, 0.25) is 5.04 Å². The monoisotopic (exact) mass is 514 g/mol. The highest BCUT2D eigenvalue weighted by molar-refractivity contribution is 6.99. The van der Waals surface area contributed by atoms with Crippen molar-refractivity contribution in [3.05, 3.63) is 109 Å². The summed E-state index contributed by atoms with van der Waals surface area (Å²) in [5.41, 5.74) is 1.54. The van der Waals surface area contributed by atoms with E-state index < -0.39 is 13.9 Å². The predicted octanol–water partition coefficient (Wildman–Crippen LogP) is 5.47. The molecule has 2 aliphatic rings. The van der Waals surface area contributed by atoms with Crippen molar-refractivity contribution >= 4 is 18.7 Å². The molecule has 1 saturated carbocycles. The van der Waals surface area contributed by atoms with Crippen molar-refractivity contribution < 1.29 is 18.6 Å². The third-order valence-electron chi connectivity index (χ3n) is 7.91. The fourth-order valence-electron chi connectivity index (χ4n) is 6.09. The molecule has 2 bridgehead atoms. The largest absolute Gasteiger partial charge is 0.404 e. The Morgan fingerprint density at radius 3 is 2.00 bits per heavy atom. The molecule has 3 atom stereocenters. The maximum atomic E-state index is 7.28. The smallest absolute Gasteiger partial charge is 0.261 e. The first kappa shape index (κ1) is 26.1. The van der Waals surface area contributed by atoms with Gasteiger partial charge in [0, 0.05) is 5.92 Å². The lowest BCUT2D eigenvalue weighted by atomic mass is 9.97. The number of rotatable bonds is 10. The van der Waals surface area contributed by atoms with Crippen molar-refractivity contribution in [3.8, 4) is 0 Å². The number of fused-ring (bicyclic) bond motifs is 2. The van der Waals surface area contributed by atoms with Gasteiger partial charge in [0.15, 0.2) is 0 Å². The quantitative estimate of drug-likeness (QED) is 0.156. The summed E-state index contributed by atoms with van der Waals surface area (Å²) < 4.78 is 26.0. The van der Waals surface area contributed by atoms with Crippen LogP contribution in [0.15, 0.2) is 103 Å². The zero-order chi connectivity index (χ0) is 25.9. The topological polar surface area (TPSA) is 36.9 Å². The van der Waals surface area contributed by atoms with E-state index >= 15 is 0 Å². The second-order valence-corrected chi connectivity index (χ2v) is 15.6. The Labute approximate surface area is 222 Å². The number of ether oxygens (including phenoxy) is 3. The van der Waals surface area contributed by atoms with Crippen LogP contribution in [-0.4, -0.2) is 40.0 Å². The molecule has 1 aliphatic carbocycles. The second kappa shape index (κ2) is 10.7. The summed E-state index contributed by atoms with van der Waals surface area (Å²) in [7, 11) is -2.71. The first-order valence-electron chi connectivity index (χ1n) is 13.2. The molecule has 3 unspecified atom stereocenters. The van der Waals surface area contributed by atoms with Crippen molar-refractivity contribution in [3.63, 3.8) is 0 Å². The number of benzene rings is 3. The first-order valence-corrected chi connectivity index (χ1v) is 15.1. The van der Waals surface area contributed by atoms with Gasteiger partial charge in [-0.2, -0.15) is 0 Å². The van der Waals surface area contributed by atoms with Gasteiger partial charge < -0.3 is 18.6 Å². The van der Waals surface area contributed by atoms with Gasteiger partial charge in [-0.25, -0.2) is 0 Å². The van der Waals surface area contributed by atoms with Crippen LogP contribution < -0.4 is 10.4 Å². The summed E-state index contributed by atoms with van der Waals surface area (Å²) >= 11 is 0. The Kier molecular flexibility index (Phi) is 7.53. The highest BCUT2D eigenvalue weighted by atomic mass is 28.4. The van der Waals surface area contributed by atoms with Crippen LogP contribution in [0.25, 0.3) is 0 Å². The molecule has 2 fully saturated rings. The summed E-state index contributed by atoms with van der Waals surface area (Å²) in [4.78, 5) is 0. The van der Waals surface area contributed by atoms with Crippen molar-refractivity contribution in [1.29, 1.82) is 0 Å². The van der Waals surface area contributed by atoms with E-state index in [9.17, 15) is 0 Å². The molecule has 3 aromatic rings. The van der Waals surface area contributed by atoms with Crippen LogP contribution in [0.5, 0.6) is 0 Å². The molecule has 1 saturated heterocycles. The summed E-state index contributed by atoms with van der Waals surface area (Å²) in [6.45, 7) is 13.1. The Morgan fingerprint density at radius 2 is 1.46 bits per heavy atom. The molecule has 0 amide bonds. The third-order valence-corrected chi connectivity index (χ3v) is 12.9. The minimum absolute atomic E-state index is 0.112. The minimum atomic E-state index is -2.71. The van der Waals surface area contributed by atoms with Crippen LogP contribution in [0, 0.1) is 5.92 Å². The van der Waals surface area contributed by atoms with Gasteiger partial charge in [0.2, 0.25) is 0 Å². The zero-order valence-corrected chi connectivity index (χ0v) is 23.2.